The molecule has 0 unspecified atom stereocenters. The number of ether oxygens (including phenoxy) is 1. The Morgan fingerprint density at radius 3 is 3.25 bits per heavy atom. The summed E-state index contributed by atoms with van der Waals surface area (Å²) in [4.78, 5) is 0. The van der Waals surface area contributed by atoms with Crippen molar-refractivity contribution in [2.45, 2.75) is 19.4 Å². The number of fused-ring (bicyclic) bond motifs is 1. The van der Waals surface area contributed by atoms with Crippen LogP contribution in [0.3, 0.4) is 0 Å². The third-order valence-corrected chi connectivity index (χ3v) is 2.92. The predicted molar refractivity (Wildman–Crippen MR) is 66.8 cm³/mol. The first-order valence-electron chi connectivity index (χ1n) is 5.95. The number of anilines is 1. The molecule has 0 atom stereocenters. The molecule has 0 aromatic heterocycles. The lowest BCUT2D eigenvalue weighted by molar-refractivity contribution is 0.199. The summed E-state index contributed by atoms with van der Waals surface area (Å²) < 4.78 is 5.00. The molecule has 3 nitrogen and oxygen atoms in total. The molecular weight excluding hydrogens is 200 g/mol. The minimum Gasteiger partial charge on any atom is -0.385 e. The highest BCUT2D eigenvalue weighted by Gasteiger charge is 2.08. The van der Waals surface area contributed by atoms with Crippen LogP contribution in [-0.2, 0) is 17.7 Å². The number of aryl methyl sites for hydroxylation is 1. The Kier molecular flexibility index (Phi) is 4.19. The number of rotatable bonds is 5. The van der Waals surface area contributed by atoms with Gasteiger partial charge in [-0.05, 0) is 30.0 Å². The van der Waals surface area contributed by atoms with Crippen LogP contribution in [0.2, 0.25) is 0 Å². The van der Waals surface area contributed by atoms with Gasteiger partial charge in [0.25, 0.3) is 0 Å². The number of nitrogens with one attached hydrogen (secondary N) is 2. The summed E-state index contributed by atoms with van der Waals surface area (Å²) in [6.45, 7) is 3.72. The summed E-state index contributed by atoms with van der Waals surface area (Å²) in [7, 11) is 1.73. The molecule has 1 aromatic rings. The van der Waals surface area contributed by atoms with Crippen LogP contribution in [0, 0.1) is 0 Å². The highest BCUT2D eigenvalue weighted by molar-refractivity contribution is 5.54. The van der Waals surface area contributed by atoms with Crippen molar-refractivity contribution in [2.75, 3.05) is 32.1 Å². The Bertz CT molecular complexity index is 339. The molecule has 0 bridgehead atoms. The fraction of sp³-hybridized carbons (Fsp3) is 0.538. The van der Waals surface area contributed by atoms with Gasteiger partial charge in [0.15, 0.2) is 0 Å². The first-order chi connectivity index (χ1) is 7.90. The largest absolute Gasteiger partial charge is 0.385 e. The topological polar surface area (TPSA) is 33.3 Å². The number of methoxy groups -OCH3 is 1. The second kappa shape index (κ2) is 5.87. The van der Waals surface area contributed by atoms with Gasteiger partial charge >= 0.3 is 0 Å². The van der Waals surface area contributed by atoms with Gasteiger partial charge in [-0.1, -0.05) is 12.1 Å². The average molecular weight is 220 g/mol. The average Bonchev–Trinajstić information content (AvgIpc) is 2.34. The molecule has 1 aliphatic heterocycles. The molecule has 0 radical (unpaired) electrons. The maximum Gasteiger partial charge on any atom is 0.0587 e. The van der Waals surface area contributed by atoms with Crippen LogP contribution in [0.1, 0.15) is 17.5 Å². The van der Waals surface area contributed by atoms with Gasteiger partial charge < -0.3 is 15.4 Å². The van der Waals surface area contributed by atoms with Crippen molar-refractivity contribution in [1.29, 1.82) is 0 Å². The fourth-order valence-corrected chi connectivity index (χ4v) is 2.05. The van der Waals surface area contributed by atoms with E-state index in [0.717, 1.165) is 26.2 Å². The molecular formula is C13H20N2O. The molecule has 0 saturated heterocycles. The van der Waals surface area contributed by atoms with Gasteiger partial charge in [-0.3, -0.25) is 0 Å². The van der Waals surface area contributed by atoms with Crippen molar-refractivity contribution in [3.8, 4) is 0 Å². The van der Waals surface area contributed by atoms with Crippen molar-refractivity contribution in [3.63, 3.8) is 0 Å². The minimum absolute atomic E-state index is 0.770. The van der Waals surface area contributed by atoms with E-state index in [2.05, 4.69) is 28.8 Å². The van der Waals surface area contributed by atoms with E-state index in [1.165, 1.54) is 29.7 Å². The van der Waals surface area contributed by atoms with Crippen LogP contribution >= 0.6 is 0 Å². The monoisotopic (exact) mass is 220 g/mol. The molecule has 0 amide bonds. The van der Waals surface area contributed by atoms with E-state index in [1.54, 1.807) is 7.11 Å². The summed E-state index contributed by atoms with van der Waals surface area (Å²) in [6, 6.07) is 6.69. The molecule has 88 valence electrons. The summed E-state index contributed by atoms with van der Waals surface area (Å²) in [5.41, 5.74) is 4.13. The molecule has 16 heavy (non-hydrogen) atoms. The lowest BCUT2D eigenvalue weighted by Gasteiger charge is -2.18. The quantitative estimate of drug-likeness (QED) is 0.742. The van der Waals surface area contributed by atoms with E-state index in [4.69, 9.17) is 4.74 Å². The van der Waals surface area contributed by atoms with E-state index in [9.17, 15) is 0 Å². The van der Waals surface area contributed by atoms with Gasteiger partial charge in [0.1, 0.15) is 0 Å². The first-order valence-corrected chi connectivity index (χ1v) is 5.95. The van der Waals surface area contributed by atoms with Crippen molar-refractivity contribution < 1.29 is 4.74 Å². The third-order valence-electron chi connectivity index (χ3n) is 2.92. The Morgan fingerprint density at radius 2 is 2.38 bits per heavy atom. The van der Waals surface area contributed by atoms with Crippen molar-refractivity contribution in [1.82, 2.24) is 5.32 Å². The standard InChI is InChI=1S/C13H20N2O/c1-16-8-7-14-10-11-4-5-13-12(9-11)3-2-6-15-13/h4-5,9,14-15H,2-3,6-8,10H2,1H3. The number of benzene rings is 1. The molecule has 0 fully saturated rings. The zero-order chi connectivity index (χ0) is 11.2. The Morgan fingerprint density at radius 1 is 1.44 bits per heavy atom. The van der Waals surface area contributed by atoms with Crippen LogP contribution < -0.4 is 10.6 Å². The van der Waals surface area contributed by atoms with Crippen LogP contribution in [0.15, 0.2) is 18.2 Å². The minimum atomic E-state index is 0.770. The SMILES string of the molecule is COCCNCc1ccc2c(c1)CCCN2. The van der Waals surface area contributed by atoms with Crippen LogP contribution in [0.25, 0.3) is 0 Å². The van der Waals surface area contributed by atoms with Crippen molar-refractivity contribution >= 4 is 5.69 Å². The maximum atomic E-state index is 5.00. The van der Waals surface area contributed by atoms with Crippen LogP contribution in [0.4, 0.5) is 5.69 Å². The maximum absolute atomic E-state index is 5.00. The van der Waals surface area contributed by atoms with Crippen LogP contribution in [0.5, 0.6) is 0 Å². The van der Waals surface area contributed by atoms with Crippen molar-refractivity contribution in [2.24, 2.45) is 0 Å². The number of hydrogen-bond acceptors (Lipinski definition) is 3. The highest BCUT2D eigenvalue weighted by Crippen LogP contribution is 2.22. The molecule has 1 aliphatic rings. The molecule has 1 heterocycles. The smallest absolute Gasteiger partial charge is 0.0587 e. The van der Waals surface area contributed by atoms with Crippen LogP contribution in [-0.4, -0.2) is 26.8 Å². The molecule has 0 spiro atoms. The molecule has 1 aromatic carbocycles. The van der Waals surface area contributed by atoms with E-state index in [1.807, 2.05) is 0 Å². The summed E-state index contributed by atoms with van der Waals surface area (Å²) >= 11 is 0. The molecule has 0 saturated carbocycles. The van der Waals surface area contributed by atoms with Gasteiger partial charge in [0, 0.05) is 32.4 Å². The molecule has 2 rings (SSSR count). The first kappa shape index (κ1) is 11.4. The molecule has 0 aliphatic carbocycles. The predicted octanol–water partition coefficient (Wildman–Crippen LogP) is 1.78. The molecule has 2 N–H and O–H groups in total. The fourth-order valence-electron chi connectivity index (χ4n) is 2.05. The van der Waals surface area contributed by atoms with Gasteiger partial charge in [0.05, 0.1) is 6.61 Å². The van der Waals surface area contributed by atoms with Gasteiger partial charge in [-0.2, -0.15) is 0 Å². The van der Waals surface area contributed by atoms with Gasteiger partial charge in [-0.25, -0.2) is 0 Å². The second-order valence-corrected chi connectivity index (χ2v) is 4.19. The van der Waals surface area contributed by atoms with Gasteiger partial charge in [-0.15, -0.1) is 0 Å². The Labute approximate surface area is 97.2 Å². The lowest BCUT2D eigenvalue weighted by atomic mass is 10.0. The van der Waals surface area contributed by atoms with E-state index < -0.39 is 0 Å². The zero-order valence-corrected chi connectivity index (χ0v) is 9.88. The van der Waals surface area contributed by atoms with Crippen molar-refractivity contribution in [3.05, 3.63) is 29.3 Å². The Balaban J connectivity index is 1.90. The normalized spacial score (nSPS) is 14.3. The summed E-state index contributed by atoms with van der Waals surface area (Å²) in [5, 5.41) is 6.79. The van der Waals surface area contributed by atoms with E-state index >= 15 is 0 Å². The lowest BCUT2D eigenvalue weighted by Crippen LogP contribution is -2.19. The zero-order valence-electron chi connectivity index (χ0n) is 9.88. The number of hydrogen-bond donors (Lipinski definition) is 2. The summed E-state index contributed by atoms with van der Waals surface area (Å²) in [6.07, 6.45) is 2.45. The third kappa shape index (κ3) is 2.97. The Hall–Kier alpha value is -1.06. The van der Waals surface area contributed by atoms with E-state index in [0.29, 0.717) is 0 Å². The second-order valence-electron chi connectivity index (χ2n) is 4.19. The summed E-state index contributed by atoms with van der Waals surface area (Å²) in [5.74, 6) is 0. The van der Waals surface area contributed by atoms with Gasteiger partial charge in [0.2, 0.25) is 0 Å². The van der Waals surface area contributed by atoms with E-state index in [-0.39, 0.29) is 0 Å². The highest BCUT2D eigenvalue weighted by atomic mass is 16.5. The molecule has 3 heteroatoms.